The lowest BCUT2D eigenvalue weighted by atomic mass is 10.2. The van der Waals surface area contributed by atoms with Crippen molar-refractivity contribution in [2.45, 2.75) is 19.4 Å². The zero-order valence-electron chi connectivity index (χ0n) is 12.9. The van der Waals surface area contributed by atoms with Gasteiger partial charge in [0.15, 0.2) is 11.5 Å². The van der Waals surface area contributed by atoms with Crippen molar-refractivity contribution in [3.05, 3.63) is 18.2 Å². The van der Waals surface area contributed by atoms with Crippen molar-refractivity contribution in [2.24, 2.45) is 0 Å². The lowest BCUT2D eigenvalue weighted by Crippen LogP contribution is -2.34. The molecular weight excluding hydrogens is 288 g/mol. The second kappa shape index (κ2) is 7.02. The zero-order chi connectivity index (χ0) is 16.1. The van der Waals surface area contributed by atoms with Crippen LogP contribution in [0.1, 0.15) is 13.3 Å². The van der Waals surface area contributed by atoms with E-state index in [2.05, 4.69) is 5.32 Å². The monoisotopic (exact) mass is 308 g/mol. The molecule has 0 saturated carbocycles. The standard InChI is InChI=1S/C15H20N2O5/c1-4-14(18)16-8-11-9-17(15(19)22-11)10-5-6-12(20-2)13(7-10)21-3/h5-7,11H,4,8-9H2,1-3H3,(H,16,18)/t11-/m1/s1. The summed E-state index contributed by atoms with van der Waals surface area (Å²) in [6, 6.07) is 5.20. The average molecular weight is 308 g/mol. The van der Waals surface area contributed by atoms with E-state index >= 15 is 0 Å². The van der Waals surface area contributed by atoms with E-state index in [-0.39, 0.29) is 12.0 Å². The molecule has 2 amide bonds. The first-order valence-corrected chi connectivity index (χ1v) is 7.06. The second-order valence-electron chi connectivity index (χ2n) is 4.81. The summed E-state index contributed by atoms with van der Waals surface area (Å²) in [4.78, 5) is 24.7. The lowest BCUT2D eigenvalue weighted by molar-refractivity contribution is -0.121. The average Bonchev–Trinajstić information content (AvgIpc) is 2.92. The molecule has 2 rings (SSSR count). The molecule has 1 N–H and O–H groups in total. The van der Waals surface area contributed by atoms with Crippen LogP contribution in [0.5, 0.6) is 11.5 Å². The van der Waals surface area contributed by atoms with Crippen LogP contribution in [0.4, 0.5) is 10.5 Å². The third-order valence-electron chi connectivity index (χ3n) is 3.40. The Morgan fingerprint density at radius 2 is 2.09 bits per heavy atom. The summed E-state index contributed by atoms with van der Waals surface area (Å²) < 4.78 is 15.7. The van der Waals surface area contributed by atoms with E-state index in [1.54, 1.807) is 32.2 Å². The first-order valence-electron chi connectivity index (χ1n) is 7.06. The Hall–Kier alpha value is -2.44. The van der Waals surface area contributed by atoms with E-state index in [4.69, 9.17) is 14.2 Å². The number of amides is 2. The molecule has 120 valence electrons. The minimum atomic E-state index is -0.442. The van der Waals surface area contributed by atoms with E-state index in [0.29, 0.717) is 36.7 Å². The number of anilines is 1. The summed E-state index contributed by atoms with van der Waals surface area (Å²) in [6.07, 6.45) is -0.404. The van der Waals surface area contributed by atoms with Crippen LogP contribution in [-0.2, 0) is 9.53 Å². The molecule has 0 aliphatic carbocycles. The Bertz CT molecular complexity index is 561. The van der Waals surface area contributed by atoms with Crippen LogP contribution < -0.4 is 19.7 Å². The van der Waals surface area contributed by atoms with Crippen LogP contribution in [0.2, 0.25) is 0 Å². The molecule has 0 spiro atoms. The molecular formula is C15H20N2O5. The smallest absolute Gasteiger partial charge is 0.414 e. The summed E-state index contributed by atoms with van der Waals surface area (Å²) in [5.41, 5.74) is 0.659. The molecule has 0 radical (unpaired) electrons. The Kier molecular flexibility index (Phi) is 5.08. The van der Waals surface area contributed by atoms with E-state index < -0.39 is 6.09 Å². The summed E-state index contributed by atoms with van der Waals surface area (Å²) in [5, 5.41) is 2.72. The highest BCUT2D eigenvalue weighted by Gasteiger charge is 2.32. The number of ether oxygens (including phenoxy) is 3. The van der Waals surface area contributed by atoms with Gasteiger partial charge >= 0.3 is 6.09 Å². The van der Waals surface area contributed by atoms with Crippen LogP contribution in [0.25, 0.3) is 0 Å². The molecule has 0 bridgehead atoms. The first kappa shape index (κ1) is 15.9. The zero-order valence-corrected chi connectivity index (χ0v) is 12.9. The number of cyclic esters (lactones) is 1. The summed E-state index contributed by atoms with van der Waals surface area (Å²) >= 11 is 0. The van der Waals surface area contributed by atoms with Gasteiger partial charge in [0.1, 0.15) is 6.10 Å². The molecule has 1 aromatic rings. The predicted molar refractivity (Wildman–Crippen MR) is 80.5 cm³/mol. The number of rotatable bonds is 6. The molecule has 7 nitrogen and oxygen atoms in total. The van der Waals surface area contributed by atoms with Crippen LogP contribution in [0.15, 0.2) is 18.2 Å². The largest absolute Gasteiger partial charge is 0.493 e. The number of nitrogens with one attached hydrogen (secondary N) is 1. The van der Waals surface area contributed by atoms with Crippen LogP contribution in [0.3, 0.4) is 0 Å². The molecule has 7 heteroatoms. The molecule has 22 heavy (non-hydrogen) atoms. The number of hydrogen-bond donors (Lipinski definition) is 1. The fourth-order valence-electron chi connectivity index (χ4n) is 2.18. The Morgan fingerprint density at radius 3 is 2.73 bits per heavy atom. The van der Waals surface area contributed by atoms with Crippen molar-refractivity contribution >= 4 is 17.7 Å². The van der Waals surface area contributed by atoms with Crippen LogP contribution in [-0.4, -0.2) is 45.4 Å². The Morgan fingerprint density at radius 1 is 1.36 bits per heavy atom. The number of nitrogens with zero attached hydrogens (tertiary/aromatic N) is 1. The van der Waals surface area contributed by atoms with E-state index in [0.717, 1.165) is 0 Å². The van der Waals surface area contributed by atoms with Gasteiger partial charge in [0.2, 0.25) is 5.91 Å². The molecule has 1 fully saturated rings. The van der Waals surface area contributed by atoms with Gasteiger partial charge in [-0.05, 0) is 12.1 Å². The summed E-state index contributed by atoms with van der Waals surface area (Å²) in [5.74, 6) is 1.06. The van der Waals surface area contributed by atoms with Crippen molar-refractivity contribution in [1.82, 2.24) is 5.32 Å². The van der Waals surface area contributed by atoms with Crippen molar-refractivity contribution in [3.8, 4) is 11.5 Å². The first-order chi connectivity index (χ1) is 10.6. The minimum absolute atomic E-state index is 0.0689. The second-order valence-corrected chi connectivity index (χ2v) is 4.81. The number of benzene rings is 1. The number of carbonyl (C=O) groups is 2. The number of carbonyl (C=O) groups excluding carboxylic acids is 2. The van der Waals surface area contributed by atoms with Gasteiger partial charge in [0.25, 0.3) is 0 Å². The number of methoxy groups -OCH3 is 2. The third-order valence-corrected chi connectivity index (χ3v) is 3.40. The topological polar surface area (TPSA) is 77.1 Å². The van der Waals surface area contributed by atoms with E-state index in [9.17, 15) is 9.59 Å². The van der Waals surface area contributed by atoms with Crippen LogP contribution in [0, 0.1) is 0 Å². The van der Waals surface area contributed by atoms with Crippen molar-refractivity contribution in [2.75, 3.05) is 32.2 Å². The van der Waals surface area contributed by atoms with Gasteiger partial charge in [-0.25, -0.2) is 4.79 Å². The highest BCUT2D eigenvalue weighted by Crippen LogP contribution is 2.33. The van der Waals surface area contributed by atoms with Gasteiger partial charge in [0, 0.05) is 12.5 Å². The minimum Gasteiger partial charge on any atom is -0.493 e. The molecule has 1 saturated heterocycles. The Labute approximate surface area is 129 Å². The van der Waals surface area contributed by atoms with E-state index in [1.807, 2.05) is 0 Å². The number of hydrogen-bond acceptors (Lipinski definition) is 5. The third kappa shape index (κ3) is 3.41. The van der Waals surface area contributed by atoms with Gasteiger partial charge in [-0.3, -0.25) is 9.69 Å². The molecule has 1 aliphatic heterocycles. The fraction of sp³-hybridized carbons (Fsp3) is 0.467. The Balaban J connectivity index is 2.06. The van der Waals surface area contributed by atoms with Gasteiger partial charge in [0.05, 0.1) is 33.0 Å². The summed E-state index contributed by atoms with van der Waals surface area (Å²) in [7, 11) is 3.08. The predicted octanol–water partition coefficient (Wildman–Crippen LogP) is 1.56. The molecule has 1 aromatic carbocycles. The molecule has 0 unspecified atom stereocenters. The maximum absolute atomic E-state index is 12.0. The van der Waals surface area contributed by atoms with Crippen molar-refractivity contribution < 1.29 is 23.8 Å². The molecule has 1 aliphatic rings. The van der Waals surface area contributed by atoms with E-state index in [1.165, 1.54) is 12.0 Å². The van der Waals surface area contributed by atoms with Gasteiger partial charge in [-0.15, -0.1) is 0 Å². The maximum atomic E-state index is 12.0. The van der Waals surface area contributed by atoms with Crippen molar-refractivity contribution in [1.29, 1.82) is 0 Å². The molecule has 1 heterocycles. The summed E-state index contributed by atoms with van der Waals surface area (Å²) in [6.45, 7) is 2.45. The maximum Gasteiger partial charge on any atom is 0.414 e. The van der Waals surface area contributed by atoms with Gasteiger partial charge < -0.3 is 19.5 Å². The SMILES string of the molecule is CCC(=O)NC[C@@H]1CN(c2ccc(OC)c(OC)c2)C(=O)O1. The highest BCUT2D eigenvalue weighted by atomic mass is 16.6. The lowest BCUT2D eigenvalue weighted by Gasteiger charge is -2.15. The molecule has 1 atom stereocenters. The fourth-order valence-corrected chi connectivity index (χ4v) is 2.18. The quantitative estimate of drug-likeness (QED) is 0.863. The molecule has 0 aromatic heterocycles. The highest BCUT2D eigenvalue weighted by molar-refractivity contribution is 5.90. The van der Waals surface area contributed by atoms with Gasteiger partial charge in [-0.1, -0.05) is 6.92 Å². The van der Waals surface area contributed by atoms with Gasteiger partial charge in [-0.2, -0.15) is 0 Å². The van der Waals surface area contributed by atoms with Crippen molar-refractivity contribution in [3.63, 3.8) is 0 Å². The normalized spacial score (nSPS) is 17.1. The van der Waals surface area contributed by atoms with Crippen LogP contribution >= 0.6 is 0 Å².